The first-order chi connectivity index (χ1) is 13.2. The highest BCUT2D eigenvalue weighted by molar-refractivity contribution is 5.97. The zero-order chi connectivity index (χ0) is 18.7. The molecule has 2 aromatic carbocycles. The van der Waals surface area contributed by atoms with Gasteiger partial charge in [0, 0.05) is 29.8 Å². The van der Waals surface area contributed by atoms with Gasteiger partial charge in [0.05, 0.1) is 29.6 Å². The second-order valence-electron chi connectivity index (χ2n) is 7.48. The Balaban J connectivity index is 1.99. The third kappa shape index (κ3) is 2.11. The van der Waals surface area contributed by atoms with Crippen molar-refractivity contribution >= 4 is 21.8 Å². The molecule has 27 heavy (non-hydrogen) atoms. The molecule has 0 aliphatic carbocycles. The van der Waals surface area contributed by atoms with Crippen LogP contribution >= 0.6 is 0 Å². The monoisotopic (exact) mass is 360 g/mol. The van der Waals surface area contributed by atoms with Crippen LogP contribution in [-0.2, 0) is 4.74 Å². The maximum Gasteiger partial charge on any atom is 0.136 e. The lowest BCUT2D eigenvalue weighted by atomic mass is 10.1. The van der Waals surface area contributed by atoms with E-state index in [0.29, 0.717) is 0 Å². The summed E-state index contributed by atoms with van der Waals surface area (Å²) >= 11 is 0. The predicted octanol–water partition coefficient (Wildman–Crippen LogP) is 4.96. The van der Waals surface area contributed by atoms with E-state index >= 15 is 0 Å². The second kappa shape index (κ2) is 5.98. The largest absolute Gasteiger partial charge is 0.394 e. The number of nitrogens with zero attached hydrogens (tertiary/aromatic N) is 2. The molecule has 4 nitrogen and oxygen atoms in total. The highest BCUT2D eigenvalue weighted by Gasteiger charge is 2.33. The summed E-state index contributed by atoms with van der Waals surface area (Å²) in [4.78, 5) is 0. The van der Waals surface area contributed by atoms with Crippen LogP contribution in [-0.4, -0.2) is 28.0 Å². The van der Waals surface area contributed by atoms with Crippen LogP contribution in [0.2, 0.25) is 0 Å². The first kappa shape index (κ1) is 16.6. The molecule has 0 saturated carbocycles. The van der Waals surface area contributed by atoms with Crippen LogP contribution in [0.25, 0.3) is 33.2 Å². The van der Waals surface area contributed by atoms with Gasteiger partial charge in [0.2, 0.25) is 0 Å². The number of hydrogen-bond acceptors (Lipinski definition) is 2. The van der Waals surface area contributed by atoms with Gasteiger partial charge in [-0.25, -0.2) is 0 Å². The summed E-state index contributed by atoms with van der Waals surface area (Å²) in [7, 11) is 1.76. The van der Waals surface area contributed by atoms with Crippen molar-refractivity contribution in [1.29, 1.82) is 0 Å². The quantitative estimate of drug-likeness (QED) is 0.549. The Morgan fingerprint density at radius 3 is 1.96 bits per heavy atom. The normalized spacial score (nSPS) is 19.3. The van der Waals surface area contributed by atoms with Crippen molar-refractivity contribution < 1.29 is 9.84 Å². The minimum absolute atomic E-state index is 0.0263. The average Bonchev–Trinajstić information content (AvgIpc) is 3.09. The van der Waals surface area contributed by atoms with E-state index in [-0.39, 0.29) is 18.9 Å². The smallest absolute Gasteiger partial charge is 0.136 e. The highest BCUT2D eigenvalue weighted by atomic mass is 16.5. The van der Waals surface area contributed by atoms with Crippen LogP contribution < -0.4 is 0 Å². The predicted molar refractivity (Wildman–Crippen MR) is 109 cm³/mol. The molecule has 4 aromatic rings. The molecule has 0 bridgehead atoms. The van der Waals surface area contributed by atoms with Gasteiger partial charge in [-0.05, 0) is 37.1 Å². The van der Waals surface area contributed by atoms with Crippen molar-refractivity contribution in [2.45, 2.75) is 32.5 Å². The molecule has 0 saturated heterocycles. The van der Waals surface area contributed by atoms with Crippen molar-refractivity contribution in [1.82, 2.24) is 9.13 Å². The number of aryl methyl sites for hydroxylation is 2. The SMILES string of the molecule is CO[C@H]1C[C@H](CO)n2c(c(C)c3ccccc32)-c2c(C)c3ccccc3n21. The van der Waals surface area contributed by atoms with Gasteiger partial charge in [-0.15, -0.1) is 0 Å². The molecule has 4 heteroatoms. The molecule has 0 radical (unpaired) electrons. The lowest BCUT2D eigenvalue weighted by Gasteiger charge is -2.22. The van der Waals surface area contributed by atoms with Crippen LogP contribution in [0.5, 0.6) is 0 Å². The topological polar surface area (TPSA) is 39.3 Å². The van der Waals surface area contributed by atoms with Gasteiger partial charge in [-0.2, -0.15) is 0 Å². The molecule has 2 atom stereocenters. The molecule has 0 unspecified atom stereocenters. The molecule has 138 valence electrons. The van der Waals surface area contributed by atoms with Crippen LogP contribution in [0.1, 0.15) is 29.8 Å². The summed E-state index contributed by atoms with van der Waals surface area (Å²) < 4.78 is 10.6. The van der Waals surface area contributed by atoms with Gasteiger partial charge in [-0.1, -0.05) is 36.4 Å². The fourth-order valence-corrected chi connectivity index (χ4v) is 4.92. The van der Waals surface area contributed by atoms with Gasteiger partial charge in [-0.3, -0.25) is 0 Å². The van der Waals surface area contributed by atoms with Crippen LogP contribution in [0.15, 0.2) is 48.5 Å². The van der Waals surface area contributed by atoms with E-state index in [0.717, 1.165) is 6.42 Å². The zero-order valence-electron chi connectivity index (χ0n) is 15.9. The molecule has 0 amide bonds. The zero-order valence-corrected chi connectivity index (χ0v) is 15.9. The standard InChI is InChI=1S/C23H24N2O2/c1-14-17-8-4-6-10-19(17)24-16(13-26)12-21(27-3)25-20-11-7-5-9-18(20)15(2)23(25)22(14)24/h4-11,16,21,26H,12-13H2,1-3H3/t16-,21+/m1/s1. The molecule has 0 spiro atoms. The summed E-state index contributed by atoms with van der Waals surface area (Å²) in [6.45, 7) is 4.48. The fourth-order valence-electron chi connectivity index (χ4n) is 4.92. The van der Waals surface area contributed by atoms with E-state index in [1.54, 1.807) is 7.11 Å². The number of benzene rings is 2. The van der Waals surface area contributed by atoms with Crippen molar-refractivity contribution in [3.63, 3.8) is 0 Å². The Hall–Kier alpha value is -2.56. The third-order valence-electron chi connectivity index (χ3n) is 6.16. The highest BCUT2D eigenvalue weighted by Crippen LogP contribution is 2.46. The summed E-state index contributed by atoms with van der Waals surface area (Å²) in [6, 6.07) is 17.0. The van der Waals surface area contributed by atoms with Gasteiger partial charge >= 0.3 is 0 Å². The summed E-state index contributed by atoms with van der Waals surface area (Å²) in [5.74, 6) is 0. The number of fused-ring (bicyclic) bond motifs is 7. The molecule has 2 aromatic heterocycles. The van der Waals surface area contributed by atoms with Crippen LogP contribution in [0.3, 0.4) is 0 Å². The lowest BCUT2D eigenvalue weighted by molar-refractivity contribution is 0.0253. The molecule has 3 heterocycles. The van der Waals surface area contributed by atoms with Gasteiger partial charge in [0.25, 0.3) is 0 Å². The number of hydrogen-bond donors (Lipinski definition) is 1. The summed E-state index contributed by atoms with van der Waals surface area (Å²) in [5, 5.41) is 12.8. The maximum absolute atomic E-state index is 10.3. The van der Waals surface area contributed by atoms with E-state index < -0.39 is 0 Å². The maximum atomic E-state index is 10.3. The van der Waals surface area contributed by atoms with Crippen LogP contribution in [0, 0.1) is 13.8 Å². The first-order valence-electron chi connectivity index (χ1n) is 9.50. The second-order valence-corrected chi connectivity index (χ2v) is 7.48. The minimum atomic E-state index is -0.117. The Morgan fingerprint density at radius 2 is 1.41 bits per heavy atom. The van der Waals surface area contributed by atoms with E-state index in [4.69, 9.17) is 4.74 Å². The van der Waals surface area contributed by atoms with Gasteiger partial charge < -0.3 is 19.0 Å². The number of aliphatic hydroxyl groups is 1. The number of ether oxygens (including phenoxy) is 1. The molecule has 5 rings (SSSR count). The molecular formula is C23H24N2O2. The first-order valence-corrected chi connectivity index (χ1v) is 9.50. The number of aliphatic hydroxyl groups excluding tert-OH is 1. The van der Waals surface area contributed by atoms with Crippen molar-refractivity contribution in [2.24, 2.45) is 0 Å². The van der Waals surface area contributed by atoms with E-state index in [9.17, 15) is 5.11 Å². The average molecular weight is 360 g/mol. The van der Waals surface area contributed by atoms with E-state index in [2.05, 4.69) is 71.5 Å². The van der Waals surface area contributed by atoms with Crippen molar-refractivity contribution in [3.05, 3.63) is 59.7 Å². The number of aromatic nitrogens is 2. The number of rotatable bonds is 2. The molecular weight excluding hydrogens is 336 g/mol. The number of methoxy groups -OCH3 is 1. The molecule has 1 N–H and O–H groups in total. The summed E-state index contributed by atoms with van der Waals surface area (Å²) in [5.41, 5.74) is 7.28. The van der Waals surface area contributed by atoms with Gasteiger partial charge in [0.1, 0.15) is 6.23 Å². The third-order valence-corrected chi connectivity index (χ3v) is 6.16. The van der Waals surface area contributed by atoms with Crippen LogP contribution in [0.4, 0.5) is 0 Å². The van der Waals surface area contributed by atoms with E-state index in [1.165, 1.54) is 44.3 Å². The Morgan fingerprint density at radius 1 is 0.889 bits per heavy atom. The van der Waals surface area contributed by atoms with Crippen molar-refractivity contribution in [3.8, 4) is 11.4 Å². The molecule has 1 aliphatic heterocycles. The molecule has 0 fully saturated rings. The van der Waals surface area contributed by atoms with E-state index in [1.807, 2.05) is 0 Å². The Kier molecular flexibility index (Phi) is 3.67. The fraction of sp³-hybridized carbons (Fsp3) is 0.304. The Bertz CT molecular complexity index is 1080. The van der Waals surface area contributed by atoms with Crippen molar-refractivity contribution in [2.75, 3.05) is 13.7 Å². The Labute approximate surface area is 158 Å². The molecule has 1 aliphatic rings. The van der Waals surface area contributed by atoms with Gasteiger partial charge in [0.15, 0.2) is 0 Å². The lowest BCUT2D eigenvalue weighted by Crippen LogP contribution is -2.18. The minimum Gasteiger partial charge on any atom is -0.394 e. The number of para-hydroxylation sites is 2. The summed E-state index contributed by atoms with van der Waals surface area (Å²) in [6.07, 6.45) is 0.609.